The molecule has 4 rings (SSSR count). The van der Waals surface area contributed by atoms with Crippen molar-refractivity contribution in [2.45, 2.75) is 6.92 Å². The number of carbonyl (C=O) groups is 2. The number of piperazine rings is 1. The zero-order valence-corrected chi connectivity index (χ0v) is 16.8. The minimum absolute atomic E-state index is 0.305. The molecule has 1 saturated heterocycles. The highest BCUT2D eigenvalue weighted by Gasteiger charge is 2.43. The summed E-state index contributed by atoms with van der Waals surface area (Å²) in [6.07, 6.45) is 0. The van der Waals surface area contributed by atoms with Crippen molar-refractivity contribution in [2.75, 3.05) is 37.6 Å². The van der Waals surface area contributed by atoms with E-state index in [4.69, 9.17) is 11.6 Å². The van der Waals surface area contributed by atoms with E-state index >= 15 is 0 Å². The van der Waals surface area contributed by atoms with E-state index in [1.165, 1.54) is 12.1 Å². The van der Waals surface area contributed by atoms with E-state index in [-0.39, 0.29) is 5.91 Å². The predicted molar refractivity (Wildman–Crippen MR) is 111 cm³/mol. The Bertz CT molecular complexity index is 982. The van der Waals surface area contributed by atoms with Crippen molar-refractivity contribution < 1.29 is 14.0 Å². The number of benzene rings is 2. The van der Waals surface area contributed by atoms with Crippen molar-refractivity contribution >= 4 is 34.7 Å². The van der Waals surface area contributed by atoms with Crippen LogP contribution in [0, 0.1) is 5.82 Å². The van der Waals surface area contributed by atoms with Gasteiger partial charge >= 0.3 is 0 Å². The third-order valence-corrected chi connectivity index (χ3v) is 5.63. The monoisotopic (exact) mass is 413 g/mol. The maximum atomic E-state index is 13.5. The Morgan fingerprint density at radius 2 is 1.66 bits per heavy atom. The zero-order chi connectivity index (χ0) is 20.5. The van der Waals surface area contributed by atoms with E-state index in [1.54, 1.807) is 36.4 Å². The minimum atomic E-state index is -0.420. The van der Waals surface area contributed by atoms with Gasteiger partial charge in [0, 0.05) is 31.2 Å². The van der Waals surface area contributed by atoms with E-state index in [1.807, 2.05) is 4.90 Å². The molecule has 0 spiro atoms. The van der Waals surface area contributed by atoms with Crippen molar-refractivity contribution in [2.24, 2.45) is 0 Å². The van der Waals surface area contributed by atoms with Crippen LogP contribution < -0.4 is 4.90 Å². The summed E-state index contributed by atoms with van der Waals surface area (Å²) in [6.45, 7) is 5.97. The fraction of sp³-hybridized carbons (Fsp3) is 0.273. The first kappa shape index (κ1) is 19.6. The van der Waals surface area contributed by atoms with Gasteiger partial charge in [-0.05, 0) is 42.4 Å². The molecule has 2 heterocycles. The highest BCUT2D eigenvalue weighted by atomic mass is 35.5. The Labute approximate surface area is 174 Å². The Morgan fingerprint density at radius 3 is 2.28 bits per heavy atom. The molecule has 1 fully saturated rings. The molecule has 0 aromatic heterocycles. The molecular weight excluding hydrogens is 393 g/mol. The quantitative estimate of drug-likeness (QED) is 0.720. The molecule has 2 aromatic carbocycles. The van der Waals surface area contributed by atoms with E-state index in [0.717, 1.165) is 24.5 Å². The second-order valence-corrected chi connectivity index (χ2v) is 7.51. The van der Waals surface area contributed by atoms with Gasteiger partial charge in [-0.25, -0.2) is 9.29 Å². The minimum Gasteiger partial charge on any atom is -0.364 e. The molecule has 7 heteroatoms. The van der Waals surface area contributed by atoms with E-state index in [0.29, 0.717) is 40.6 Å². The Balaban J connectivity index is 1.78. The Kier molecular flexibility index (Phi) is 5.39. The molecule has 0 N–H and O–H groups in total. The maximum absolute atomic E-state index is 13.5. The summed E-state index contributed by atoms with van der Waals surface area (Å²) < 4.78 is 13.5. The second-order valence-electron chi connectivity index (χ2n) is 7.08. The SMILES string of the molecule is CCN1CCN(C2=C(c3ccc(F)cc3)C(=O)N(c3cccc(Cl)c3)C2=O)CC1. The summed E-state index contributed by atoms with van der Waals surface area (Å²) in [5.74, 6) is -1.19. The Hall–Kier alpha value is -2.70. The molecule has 0 radical (unpaired) electrons. The van der Waals surface area contributed by atoms with Crippen molar-refractivity contribution in [3.63, 3.8) is 0 Å². The smallest absolute Gasteiger partial charge is 0.282 e. The zero-order valence-electron chi connectivity index (χ0n) is 16.1. The molecule has 2 aliphatic heterocycles. The fourth-order valence-electron chi connectivity index (χ4n) is 3.83. The number of hydrogen-bond acceptors (Lipinski definition) is 4. The van der Waals surface area contributed by atoms with Crippen LogP contribution in [0.1, 0.15) is 12.5 Å². The summed E-state index contributed by atoms with van der Waals surface area (Å²) in [7, 11) is 0. The van der Waals surface area contributed by atoms with Crippen LogP contribution in [0.4, 0.5) is 10.1 Å². The molecule has 150 valence electrons. The summed E-state index contributed by atoms with van der Waals surface area (Å²) in [4.78, 5) is 32.2. The number of hydrogen-bond donors (Lipinski definition) is 0. The first-order valence-corrected chi connectivity index (χ1v) is 9.99. The first-order chi connectivity index (χ1) is 14.0. The molecule has 2 aromatic rings. The summed E-state index contributed by atoms with van der Waals surface area (Å²) in [5, 5.41) is 0.441. The standard InChI is InChI=1S/C22H21ClFN3O2/c1-2-25-10-12-26(13-11-25)20-19(15-6-8-17(24)9-7-15)21(28)27(22(20)29)18-5-3-4-16(23)14-18/h3-9,14H,2,10-13H2,1H3. The third-order valence-electron chi connectivity index (χ3n) is 5.39. The molecule has 0 bridgehead atoms. The number of likely N-dealkylation sites (N-methyl/N-ethyl adjacent to an activating group) is 1. The van der Waals surface area contributed by atoms with E-state index in [9.17, 15) is 14.0 Å². The third kappa shape index (κ3) is 3.66. The van der Waals surface area contributed by atoms with Crippen LogP contribution in [0.3, 0.4) is 0 Å². The second kappa shape index (κ2) is 7.97. The molecule has 0 saturated carbocycles. The van der Waals surface area contributed by atoms with Crippen molar-refractivity contribution in [3.8, 4) is 0 Å². The number of anilines is 1. The Morgan fingerprint density at radius 1 is 0.966 bits per heavy atom. The molecule has 5 nitrogen and oxygen atoms in total. The average molecular weight is 414 g/mol. The van der Waals surface area contributed by atoms with Crippen LogP contribution in [-0.4, -0.2) is 54.3 Å². The molecule has 29 heavy (non-hydrogen) atoms. The first-order valence-electron chi connectivity index (χ1n) is 9.61. The molecule has 0 atom stereocenters. The highest BCUT2D eigenvalue weighted by Crippen LogP contribution is 2.35. The molecule has 0 unspecified atom stereocenters. The predicted octanol–water partition coefficient (Wildman–Crippen LogP) is 3.40. The van der Waals surface area contributed by atoms with Gasteiger partial charge in [-0.3, -0.25) is 9.59 Å². The lowest BCUT2D eigenvalue weighted by atomic mass is 10.0. The number of nitrogens with zero attached hydrogens (tertiary/aromatic N) is 3. The van der Waals surface area contributed by atoms with Gasteiger partial charge in [0.2, 0.25) is 0 Å². The number of imide groups is 1. The number of halogens is 2. The van der Waals surface area contributed by atoms with Gasteiger partial charge < -0.3 is 9.80 Å². The van der Waals surface area contributed by atoms with Gasteiger partial charge in [-0.15, -0.1) is 0 Å². The van der Waals surface area contributed by atoms with Crippen LogP contribution in [-0.2, 0) is 9.59 Å². The maximum Gasteiger partial charge on any atom is 0.282 e. The normalized spacial score (nSPS) is 18.2. The van der Waals surface area contributed by atoms with E-state index < -0.39 is 11.7 Å². The lowest BCUT2D eigenvalue weighted by Crippen LogP contribution is -2.47. The van der Waals surface area contributed by atoms with Crippen molar-refractivity contribution in [3.05, 3.63) is 70.6 Å². The molecule has 0 aliphatic carbocycles. The average Bonchev–Trinajstić information content (AvgIpc) is 2.99. The summed E-state index contributed by atoms with van der Waals surface area (Å²) >= 11 is 6.09. The van der Waals surface area contributed by atoms with Crippen LogP contribution in [0.5, 0.6) is 0 Å². The number of amides is 2. The van der Waals surface area contributed by atoms with Gasteiger partial charge in [0.1, 0.15) is 11.5 Å². The van der Waals surface area contributed by atoms with Crippen LogP contribution in [0.2, 0.25) is 5.02 Å². The number of rotatable bonds is 4. The lowest BCUT2D eigenvalue weighted by molar-refractivity contribution is -0.120. The van der Waals surface area contributed by atoms with Crippen molar-refractivity contribution in [1.82, 2.24) is 9.80 Å². The lowest BCUT2D eigenvalue weighted by Gasteiger charge is -2.36. The largest absolute Gasteiger partial charge is 0.364 e. The van der Waals surface area contributed by atoms with Gasteiger partial charge in [-0.2, -0.15) is 0 Å². The van der Waals surface area contributed by atoms with Gasteiger partial charge in [0.05, 0.1) is 11.3 Å². The fourth-order valence-corrected chi connectivity index (χ4v) is 4.01. The van der Waals surface area contributed by atoms with Crippen LogP contribution in [0.15, 0.2) is 54.2 Å². The molecule has 2 aliphatic rings. The van der Waals surface area contributed by atoms with Gasteiger partial charge in [0.15, 0.2) is 0 Å². The summed E-state index contributed by atoms with van der Waals surface area (Å²) in [5.41, 5.74) is 1.63. The molecular formula is C22H21ClFN3O2. The summed E-state index contributed by atoms with van der Waals surface area (Å²) in [6, 6.07) is 12.4. The highest BCUT2D eigenvalue weighted by molar-refractivity contribution is 6.45. The van der Waals surface area contributed by atoms with Crippen LogP contribution in [0.25, 0.3) is 5.57 Å². The van der Waals surface area contributed by atoms with E-state index in [2.05, 4.69) is 11.8 Å². The van der Waals surface area contributed by atoms with Gasteiger partial charge in [0.25, 0.3) is 11.8 Å². The number of carbonyl (C=O) groups excluding carboxylic acids is 2. The van der Waals surface area contributed by atoms with Crippen LogP contribution >= 0.6 is 11.6 Å². The molecule has 2 amide bonds. The van der Waals surface area contributed by atoms with Crippen molar-refractivity contribution in [1.29, 1.82) is 0 Å². The van der Waals surface area contributed by atoms with Gasteiger partial charge in [-0.1, -0.05) is 36.7 Å². The topological polar surface area (TPSA) is 43.9 Å².